The molecule has 2 heterocycles. The Kier molecular flexibility index (Phi) is 5.91. The molecule has 0 bridgehead atoms. The van der Waals surface area contributed by atoms with Crippen molar-refractivity contribution in [3.63, 3.8) is 0 Å². The molecular formula is C20H25NO4S2. The molecule has 5 nitrogen and oxygen atoms in total. The second-order valence-corrected chi connectivity index (χ2v) is 10.4. The zero-order chi connectivity index (χ0) is 19.6. The van der Waals surface area contributed by atoms with Crippen molar-refractivity contribution in [2.75, 3.05) is 18.1 Å². The molecule has 1 aromatic heterocycles. The van der Waals surface area contributed by atoms with Crippen LogP contribution < -0.4 is 4.74 Å². The van der Waals surface area contributed by atoms with Crippen LogP contribution in [-0.2, 0) is 21.2 Å². The minimum absolute atomic E-state index is 0.0344. The number of nitrogens with zero attached hydrogens (tertiary/aromatic N) is 1. The second kappa shape index (κ2) is 8.02. The Balaban J connectivity index is 1.75. The molecule has 1 fully saturated rings. The maximum Gasteiger partial charge on any atom is 0.261 e. The summed E-state index contributed by atoms with van der Waals surface area (Å²) >= 11 is 1.56. The monoisotopic (exact) mass is 407 g/mol. The number of thiophene rings is 1. The molecule has 7 heteroatoms. The van der Waals surface area contributed by atoms with E-state index in [0.29, 0.717) is 13.0 Å². The van der Waals surface area contributed by atoms with Gasteiger partial charge in [-0.15, -0.1) is 11.3 Å². The average Bonchev–Trinajstić information content (AvgIpc) is 3.20. The summed E-state index contributed by atoms with van der Waals surface area (Å²) in [6, 6.07) is 7.67. The lowest BCUT2D eigenvalue weighted by Crippen LogP contribution is -2.43. The quantitative estimate of drug-likeness (QED) is 0.737. The number of hydrogen-bond acceptors (Lipinski definition) is 5. The van der Waals surface area contributed by atoms with Crippen molar-refractivity contribution in [1.29, 1.82) is 0 Å². The van der Waals surface area contributed by atoms with Gasteiger partial charge < -0.3 is 9.64 Å². The Hall–Kier alpha value is -1.86. The van der Waals surface area contributed by atoms with E-state index in [-0.39, 0.29) is 30.1 Å². The second-order valence-electron chi connectivity index (χ2n) is 7.17. The zero-order valence-corrected chi connectivity index (χ0v) is 17.5. The summed E-state index contributed by atoms with van der Waals surface area (Å²) < 4.78 is 29.7. The fraction of sp³-hybridized carbons (Fsp3) is 0.450. The topological polar surface area (TPSA) is 63.7 Å². The highest BCUT2D eigenvalue weighted by Gasteiger charge is 2.35. The third-order valence-electron chi connectivity index (χ3n) is 4.82. The first kappa shape index (κ1) is 19.9. The van der Waals surface area contributed by atoms with Crippen molar-refractivity contribution < 1.29 is 17.9 Å². The molecule has 0 spiro atoms. The first-order valence-electron chi connectivity index (χ1n) is 8.98. The van der Waals surface area contributed by atoms with Crippen molar-refractivity contribution in [2.24, 2.45) is 0 Å². The molecule has 0 N–H and O–H groups in total. The lowest BCUT2D eigenvalue weighted by atomic mass is 10.1. The van der Waals surface area contributed by atoms with Gasteiger partial charge in [-0.1, -0.05) is 23.8 Å². The third kappa shape index (κ3) is 4.90. The molecule has 3 rings (SSSR count). The number of carbonyl (C=O) groups is 1. The molecule has 1 aliphatic heterocycles. The van der Waals surface area contributed by atoms with Crippen LogP contribution in [0.15, 0.2) is 29.6 Å². The molecule has 146 valence electrons. The van der Waals surface area contributed by atoms with Crippen molar-refractivity contribution in [2.45, 2.75) is 39.8 Å². The van der Waals surface area contributed by atoms with Crippen molar-refractivity contribution in [1.82, 2.24) is 4.90 Å². The van der Waals surface area contributed by atoms with E-state index in [2.05, 4.69) is 0 Å². The van der Waals surface area contributed by atoms with Gasteiger partial charge in [0.1, 0.15) is 5.75 Å². The predicted molar refractivity (Wildman–Crippen MR) is 108 cm³/mol. The maximum atomic E-state index is 12.9. The number of carbonyl (C=O) groups excluding carboxylic acids is 1. The van der Waals surface area contributed by atoms with E-state index in [4.69, 9.17) is 4.74 Å². The maximum absolute atomic E-state index is 12.9. The summed E-state index contributed by atoms with van der Waals surface area (Å²) in [6.07, 6.45) is 0.488. The molecule has 0 radical (unpaired) electrons. The molecule has 0 unspecified atom stereocenters. The number of amides is 1. The summed E-state index contributed by atoms with van der Waals surface area (Å²) in [5.41, 5.74) is 3.14. The van der Waals surface area contributed by atoms with Crippen molar-refractivity contribution >= 4 is 27.1 Å². The van der Waals surface area contributed by atoms with E-state index in [1.807, 2.05) is 50.4 Å². The van der Waals surface area contributed by atoms with Gasteiger partial charge >= 0.3 is 0 Å². The van der Waals surface area contributed by atoms with Gasteiger partial charge in [-0.05, 0) is 49.8 Å². The lowest BCUT2D eigenvalue weighted by molar-refractivity contribution is -0.135. The Morgan fingerprint density at radius 2 is 1.96 bits per heavy atom. The first-order chi connectivity index (χ1) is 12.7. The highest BCUT2D eigenvalue weighted by Crippen LogP contribution is 2.26. The number of hydrogen-bond donors (Lipinski definition) is 0. The number of sulfone groups is 1. The van der Waals surface area contributed by atoms with Gasteiger partial charge in [-0.2, -0.15) is 0 Å². The minimum Gasteiger partial charge on any atom is -0.483 e. The van der Waals surface area contributed by atoms with Gasteiger partial charge in [-0.25, -0.2) is 8.42 Å². The Morgan fingerprint density at radius 1 is 1.26 bits per heavy atom. The number of aryl methyl sites for hydroxylation is 3. The fourth-order valence-electron chi connectivity index (χ4n) is 3.62. The molecule has 1 atom stereocenters. The minimum atomic E-state index is -3.07. The van der Waals surface area contributed by atoms with Gasteiger partial charge in [0.2, 0.25) is 0 Å². The Bertz CT molecular complexity index is 896. The molecule has 0 aliphatic carbocycles. The van der Waals surface area contributed by atoms with Gasteiger partial charge in [0.05, 0.1) is 18.1 Å². The van der Waals surface area contributed by atoms with Crippen LogP contribution in [0.2, 0.25) is 0 Å². The molecule has 1 saturated heterocycles. The molecule has 0 saturated carbocycles. The van der Waals surface area contributed by atoms with E-state index in [9.17, 15) is 13.2 Å². The smallest absolute Gasteiger partial charge is 0.261 e. The van der Waals surface area contributed by atoms with E-state index in [0.717, 1.165) is 27.3 Å². The summed E-state index contributed by atoms with van der Waals surface area (Å²) in [6.45, 7) is 6.29. The zero-order valence-electron chi connectivity index (χ0n) is 15.9. The molecule has 1 aliphatic rings. The highest BCUT2D eigenvalue weighted by molar-refractivity contribution is 7.91. The molecule has 27 heavy (non-hydrogen) atoms. The van der Waals surface area contributed by atoms with Crippen LogP contribution in [0.25, 0.3) is 0 Å². The molecule has 2 aromatic rings. The third-order valence-corrected chi connectivity index (χ3v) is 7.43. The first-order valence-corrected chi connectivity index (χ1v) is 11.7. The summed E-state index contributed by atoms with van der Waals surface area (Å²) in [5, 5.41) is 1.96. The van der Waals surface area contributed by atoms with E-state index in [1.165, 1.54) is 0 Å². The van der Waals surface area contributed by atoms with Gasteiger partial charge in [0, 0.05) is 10.9 Å². The molecule has 1 amide bonds. The Labute approximate surface area is 164 Å². The standard InChI is InChI=1S/C20H25NO4S2/c1-14-9-15(2)20(16(3)10-14)25-12-19(22)21(11-18-5-4-7-26-18)17-6-8-27(23,24)13-17/h4-5,7,9-10,17H,6,8,11-13H2,1-3H3/t17-/m0/s1. The Morgan fingerprint density at radius 3 is 2.52 bits per heavy atom. The van der Waals surface area contributed by atoms with E-state index < -0.39 is 9.84 Å². The summed E-state index contributed by atoms with van der Waals surface area (Å²) in [4.78, 5) is 15.7. The van der Waals surface area contributed by atoms with Gasteiger partial charge in [-0.3, -0.25) is 4.79 Å². The lowest BCUT2D eigenvalue weighted by Gasteiger charge is -2.28. The molecule has 1 aromatic carbocycles. The summed E-state index contributed by atoms with van der Waals surface area (Å²) in [5.74, 6) is 0.726. The van der Waals surface area contributed by atoms with Crippen LogP contribution in [0.4, 0.5) is 0 Å². The van der Waals surface area contributed by atoms with Crippen LogP contribution in [0.3, 0.4) is 0 Å². The van der Waals surface area contributed by atoms with Crippen molar-refractivity contribution in [3.8, 4) is 5.75 Å². The predicted octanol–water partition coefficient (Wildman–Crippen LogP) is 3.27. The molecular weight excluding hydrogens is 382 g/mol. The van der Waals surface area contributed by atoms with Crippen LogP contribution >= 0.6 is 11.3 Å². The fourth-order valence-corrected chi connectivity index (χ4v) is 6.06. The van der Waals surface area contributed by atoms with E-state index >= 15 is 0 Å². The largest absolute Gasteiger partial charge is 0.483 e. The number of benzene rings is 1. The average molecular weight is 408 g/mol. The number of rotatable bonds is 6. The van der Waals surface area contributed by atoms with Crippen LogP contribution in [0, 0.1) is 20.8 Å². The van der Waals surface area contributed by atoms with Gasteiger partial charge in [0.25, 0.3) is 5.91 Å². The van der Waals surface area contributed by atoms with Gasteiger partial charge in [0.15, 0.2) is 16.4 Å². The van der Waals surface area contributed by atoms with Crippen molar-refractivity contribution in [3.05, 3.63) is 51.2 Å². The van der Waals surface area contributed by atoms with E-state index in [1.54, 1.807) is 16.2 Å². The number of ether oxygens (including phenoxy) is 1. The van der Waals surface area contributed by atoms with Crippen LogP contribution in [0.1, 0.15) is 28.0 Å². The SMILES string of the molecule is Cc1cc(C)c(OCC(=O)N(Cc2cccs2)[C@H]2CCS(=O)(=O)C2)c(C)c1. The highest BCUT2D eigenvalue weighted by atomic mass is 32.2. The summed E-state index contributed by atoms with van der Waals surface area (Å²) in [7, 11) is -3.07. The van der Waals surface area contributed by atoms with Crippen LogP contribution in [-0.4, -0.2) is 43.4 Å². The van der Waals surface area contributed by atoms with Crippen LogP contribution in [0.5, 0.6) is 5.75 Å². The normalized spacial score (nSPS) is 18.4.